The fourth-order valence-corrected chi connectivity index (χ4v) is 5.73. The lowest BCUT2D eigenvalue weighted by molar-refractivity contribution is -0.128. The minimum atomic E-state index is -1.29. The van der Waals surface area contributed by atoms with Gasteiger partial charge >= 0.3 is 6.09 Å². The number of ether oxygens (including phenoxy) is 2. The second-order valence-corrected chi connectivity index (χ2v) is 11.0. The average molecular weight is 555 g/mol. The number of pyridine rings is 1. The van der Waals surface area contributed by atoms with Crippen molar-refractivity contribution in [3.63, 3.8) is 0 Å². The number of carbonyl (C=O) groups excluding carboxylic acids is 2. The van der Waals surface area contributed by atoms with E-state index in [1.165, 1.54) is 6.42 Å². The number of para-hydroxylation sites is 1. The SMILES string of the molecule is COc1ccc(COC(=O)N[C@@](C)(Cc2c[nH]c3ccccc23)C(=O)NC(c2ccccn2)C2CCCCC2)cc1. The maximum Gasteiger partial charge on any atom is 0.408 e. The van der Waals surface area contributed by atoms with Crippen molar-refractivity contribution in [2.75, 3.05) is 7.11 Å². The van der Waals surface area contributed by atoms with Gasteiger partial charge in [0.25, 0.3) is 0 Å². The van der Waals surface area contributed by atoms with E-state index in [1.807, 2.05) is 72.9 Å². The van der Waals surface area contributed by atoms with Gasteiger partial charge in [-0.2, -0.15) is 0 Å². The molecule has 0 spiro atoms. The van der Waals surface area contributed by atoms with Gasteiger partial charge in [-0.3, -0.25) is 9.78 Å². The largest absolute Gasteiger partial charge is 0.497 e. The van der Waals surface area contributed by atoms with Crippen LogP contribution >= 0.6 is 0 Å². The number of aromatic amines is 1. The van der Waals surface area contributed by atoms with Gasteiger partial charge in [-0.05, 0) is 67.1 Å². The Balaban J connectivity index is 1.38. The first kappa shape index (κ1) is 28.2. The van der Waals surface area contributed by atoms with E-state index in [9.17, 15) is 9.59 Å². The number of carbonyl (C=O) groups is 2. The number of hydrogen-bond acceptors (Lipinski definition) is 5. The second-order valence-electron chi connectivity index (χ2n) is 11.0. The molecule has 0 bridgehead atoms. The summed E-state index contributed by atoms with van der Waals surface area (Å²) < 4.78 is 10.8. The molecule has 1 aliphatic rings. The Labute approximate surface area is 240 Å². The molecule has 2 atom stereocenters. The number of nitrogens with zero attached hydrogens (tertiary/aromatic N) is 1. The number of benzene rings is 2. The molecule has 8 heteroatoms. The number of rotatable bonds is 10. The highest BCUT2D eigenvalue weighted by atomic mass is 16.5. The zero-order chi connectivity index (χ0) is 28.7. The van der Waals surface area contributed by atoms with Gasteiger partial charge in [-0.25, -0.2) is 4.79 Å². The van der Waals surface area contributed by atoms with Crippen LogP contribution in [0.5, 0.6) is 5.75 Å². The highest BCUT2D eigenvalue weighted by molar-refractivity contribution is 5.91. The number of nitrogens with one attached hydrogen (secondary N) is 3. The van der Waals surface area contributed by atoms with E-state index in [0.717, 1.165) is 59.2 Å². The minimum Gasteiger partial charge on any atom is -0.497 e. The Morgan fingerprint density at radius 1 is 1.02 bits per heavy atom. The number of amides is 2. The van der Waals surface area contributed by atoms with Crippen molar-refractivity contribution in [3.05, 3.63) is 95.9 Å². The first-order chi connectivity index (χ1) is 19.9. The van der Waals surface area contributed by atoms with Crippen molar-refractivity contribution in [2.45, 2.75) is 63.6 Å². The van der Waals surface area contributed by atoms with Crippen LogP contribution in [0.15, 0.2) is 79.1 Å². The molecule has 8 nitrogen and oxygen atoms in total. The van der Waals surface area contributed by atoms with Crippen molar-refractivity contribution >= 4 is 22.9 Å². The average Bonchev–Trinajstić information content (AvgIpc) is 3.42. The van der Waals surface area contributed by atoms with E-state index in [0.29, 0.717) is 0 Å². The molecule has 1 saturated carbocycles. The van der Waals surface area contributed by atoms with E-state index in [1.54, 1.807) is 20.2 Å². The van der Waals surface area contributed by atoms with E-state index in [2.05, 4.69) is 20.6 Å². The fourth-order valence-electron chi connectivity index (χ4n) is 5.73. The molecule has 2 aromatic carbocycles. The van der Waals surface area contributed by atoms with Crippen LogP contribution in [0, 0.1) is 5.92 Å². The summed E-state index contributed by atoms with van der Waals surface area (Å²) >= 11 is 0. The molecule has 0 saturated heterocycles. The van der Waals surface area contributed by atoms with Crippen LogP contribution in [-0.4, -0.2) is 34.6 Å². The quantitative estimate of drug-likeness (QED) is 0.215. The molecule has 1 fully saturated rings. The maximum atomic E-state index is 14.2. The van der Waals surface area contributed by atoms with Gasteiger partial charge in [-0.15, -0.1) is 0 Å². The number of H-pyrrole nitrogens is 1. The van der Waals surface area contributed by atoms with E-state index in [4.69, 9.17) is 9.47 Å². The first-order valence-electron chi connectivity index (χ1n) is 14.3. The van der Waals surface area contributed by atoms with Crippen LogP contribution < -0.4 is 15.4 Å². The lowest BCUT2D eigenvalue weighted by Crippen LogP contribution is -2.59. The van der Waals surface area contributed by atoms with E-state index < -0.39 is 11.6 Å². The lowest BCUT2D eigenvalue weighted by Gasteiger charge is -2.35. The van der Waals surface area contributed by atoms with Crippen LogP contribution in [0.25, 0.3) is 10.9 Å². The summed E-state index contributed by atoms with van der Waals surface area (Å²) in [6, 6.07) is 20.8. The maximum absolute atomic E-state index is 14.2. The van der Waals surface area contributed by atoms with Crippen LogP contribution in [0.2, 0.25) is 0 Å². The summed E-state index contributed by atoms with van der Waals surface area (Å²) in [5, 5.41) is 7.22. The van der Waals surface area contributed by atoms with E-state index >= 15 is 0 Å². The van der Waals surface area contributed by atoms with Crippen LogP contribution in [0.4, 0.5) is 4.79 Å². The number of aromatic nitrogens is 2. The van der Waals surface area contributed by atoms with Gasteiger partial charge < -0.3 is 25.1 Å². The molecule has 3 N–H and O–H groups in total. The predicted octanol–water partition coefficient (Wildman–Crippen LogP) is 6.24. The summed E-state index contributed by atoms with van der Waals surface area (Å²) in [7, 11) is 1.60. The highest BCUT2D eigenvalue weighted by Gasteiger charge is 2.39. The minimum absolute atomic E-state index is 0.0687. The summed E-state index contributed by atoms with van der Waals surface area (Å²) in [6.07, 6.45) is 8.80. The summed E-state index contributed by atoms with van der Waals surface area (Å²) in [6.45, 7) is 1.83. The van der Waals surface area contributed by atoms with Gasteiger partial charge in [0.2, 0.25) is 5.91 Å². The second kappa shape index (κ2) is 12.9. The Bertz CT molecular complexity index is 1450. The molecule has 1 aliphatic carbocycles. The number of hydrogen-bond donors (Lipinski definition) is 3. The molecular weight excluding hydrogens is 516 g/mol. The molecule has 4 aromatic rings. The molecule has 5 rings (SSSR count). The molecule has 1 unspecified atom stereocenters. The lowest BCUT2D eigenvalue weighted by atomic mass is 9.81. The normalized spacial score (nSPS) is 16.0. The standard InChI is InChI=1S/C33H38N4O4/c1-33(20-25-21-35-28-13-7-6-12-27(25)28,37-32(39)41-22-23-15-17-26(40-2)18-16-23)31(38)36-30(24-10-4-3-5-11-24)29-14-8-9-19-34-29/h6-9,12-19,21,24,30,35H,3-5,10-11,20,22H2,1-2H3,(H,36,38)(H,37,39)/t30?,33-/m0/s1. The Hall–Kier alpha value is -4.33. The molecule has 0 radical (unpaired) electrons. The van der Waals surface area contributed by atoms with Gasteiger partial charge in [0.15, 0.2) is 0 Å². The Morgan fingerprint density at radius 2 is 1.78 bits per heavy atom. The van der Waals surface area contributed by atoms with Crippen molar-refractivity contribution in [3.8, 4) is 5.75 Å². The fraction of sp³-hybridized carbons (Fsp3) is 0.364. The zero-order valence-corrected chi connectivity index (χ0v) is 23.7. The number of methoxy groups -OCH3 is 1. The number of fused-ring (bicyclic) bond motifs is 1. The van der Waals surface area contributed by atoms with Gasteiger partial charge in [0.05, 0.1) is 18.8 Å². The van der Waals surface area contributed by atoms with Gasteiger partial charge in [0.1, 0.15) is 17.9 Å². The van der Waals surface area contributed by atoms with Crippen molar-refractivity contribution in [2.24, 2.45) is 5.92 Å². The van der Waals surface area contributed by atoms with Crippen molar-refractivity contribution in [1.29, 1.82) is 0 Å². The topological polar surface area (TPSA) is 105 Å². The van der Waals surface area contributed by atoms with E-state index in [-0.39, 0.29) is 30.9 Å². The molecular formula is C33H38N4O4. The molecule has 214 valence electrons. The zero-order valence-electron chi connectivity index (χ0n) is 23.7. The monoisotopic (exact) mass is 554 g/mol. The predicted molar refractivity (Wildman–Crippen MR) is 158 cm³/mol. The Morgan fingerprint density at radius 3 is 2.51 bits per heavy atom. The third-order valence-electron chi connectivity index (χ3n) is 8.04. The summed E-state index contributed by atoms with van der Waals surface area (Å²) in [4.78, 5) is 35.2. The third kappa shape index (κ3) is 6.88. The Kier molecular flexibility index (Phi) is 8.87. The van der Waals surface area contributed by atoms with Crippen LogP contribution in [0.1, 0.15) is 61.9 Å². The van der Waals surface area contributed by atoms with Crippen molar-refractivity contribution in [1.82, 2.24) is 20.6 Å². The first-order valence-corrected chi connectivity index (χ1v) is 14.3. The summed E-state index contributed by atoms with van der Waals surface area (Å²) in [5.41, 5.74) is 2.27. The van der Waals surface area contributed by atoms with Crippen LogP contribution in [0.3, 0.4) is 0 Å². The summed E-state index contributed by atoms with van der Waals surface area (Å²) in [5.74, 6) is 0.731. The smallest absolute Gasteiger partial charge is 0.408 e. The van der Waals surface area contributed by atoms with Crippen molar-refractivity contribution < 1.29 is 19.1 Å². The van der Waals surface area contributed by atoms with Gasteiger partial charge in [0, 0.05) is 29.7 Å². The molecule has 2 aromatic heterocycles. The third-order valence-corrected chi connectivity index (χ3v) is 8.04. The molecule has 41 heavy (non-hydrogen) atoms. The molecule has 2 amide bonds. The molecule has 2 heterocycles. The number of alkyl carbamates (subject to hydrolysis) is 1. The van der Waals surface area contributed by atoms with Crippen LogP contribution in [-0.2, 0) is 22.6 Å². The highest BCUT2D eigenvalue weighted by Crippen LogP contribution is 2.34. The molecule has 0 aliphatic heterocycles. The van der Waals surface area contributed by atoms with Gasteiger partial charge in [-0.1, -0.05) is 55.7 Å².